The first-order valence-corrected chi connectivity index (χ1v) is 8.46. The summed E-state index contributed by atoms with van der Waals surface area (Å²) in [4.78, 5) is 26.9. The number of hydrogen-bond donors (Lipinski definition) is 3. The molecule has 0 atom stereocenters. The van der Waals surface area contributed by atoms with Crippen LogP contribution in [0.15, 0.2) is 54.7 Å². The average Bonchev–Trinajstić information content (AvgIpc) is 2.67. The van der Waals surface area contributed by atoms with Crippen molar-refractivity contribution in [2.24, 2.45) is 5.73 Å². The Morgan fingerprint density at radius 3 is 2.38 bits per heavy atom. The molecule has 10 heteroatoms. The minimum Gasteiger partial charge on any atom is -0.457 e. The second-order valence-corrected chi connectivity index (χ2v) is 6.12. The Morgan fingerprint density at radius 1 is 0.931 bits per heavy atom. The molecule has 0 unspecified atom stereocenters. The molecule has 3 rings (SSSR count). The zero-order valence-electron chi connectivity index (χ0n) is 14.6. The quantitative estimate of drug-likeness (QED) is 0.565. The monoisotopic (exact) mass is 418 g/mol. The predicted octanol–water partition coefficient (Wildman–Crippen LogP) is 4.55. The number of rotatable bonds is 5. The number of halogens is 3. The van der Waals surface area contributed by atoms with Crippen LogP contribution in [0.2, 0.25) is 5.02 Å². The lowest BCUT2D eigenvalue weighted by atomic mass is 10.2. The van der Waals surface area contributed by atoms with Crippen molar-refractivity contribution < 1.29 is 23.1 Å². The lowest BCUT2D eigenvalue weighted by molar-refractivity contribution is 0.0995. The van der Waals surface area contributed by atoms with E-state index in [1.807, 2.05) is 0 Å². The molecule has 148 valence electrons. The first-order chi connectivity index (χ1) is 13.8. The lowest BCUT2D eigenvalue weighted by Gasteiger charge is -2.11. The van der Waals surface area contributed by atoms with Gasteiger partial charge >= 0.3 is 6.03 Å². The van der Waals surface area contributed by atoms with Crippen molar-refractivity contribution in [2.45, 2.75) is 0 Å². The van der Waals surface area contributed by atoms with Crippen LogP contribution in [-0.2, 0) is 0 Å². The van der Waals surface area contributed by atoms with Crippen LogP contribution in [0.5, 0.6) is 11.5 Å². The van der Waals surface area contributed by atoms with E-state index < -0.39 is 23.6 Å². The summed E-state index contributed by atoms with van der Waals surface area (Å²) in [7, 11) is 0. The van der Waals surface area contributed by atoms with Crippen LogP contribution < -0.4 is 21.1 Å². The van der Waals surface area contributed by atoms with Gasteiger partial charge in [-0.05, 0) is 36.4 Å². The number of ether oxygens (including phenoxy) is 1. The van der Waals surface area contributed by atoms with Crippen LogP contribution in [0, 0.1) is 11.6 Å². The Hall–Kier alpha value is -3.72. The van der Waals surface area contributed by atoms with E-state index in [4.69, 9.17) is 22.1 Å². The highest BCUT2D eigenvalue weighted by atomic mass is 35.5. The summed E-state index contributed by atoms with van der Waals surface area (Å²) in [5.41, 5.74) is 4.82. The predicted molar refractivity (Wildman–Crippen MR) is 103 cm³/mol. The number of carbonyl (C=O) groups excluding carboxylic acids is 2. The molecule has 0 aliphatic rings. The van der Waals surface area contributed by atoms with Gasteiger partial charge in [0, 0.05) is 23.4 Å². The molecular weight excluding hydrogens is 406 g/mol. The van der Waals surface area contributed by atoms with Crippen LogP contribution in [0.25, 0.3) is 0 Å². The van der Waals surface area contributed by atoms with Gasteiger partial charge in [0.1, 0.15) is 28.8 Å². The van der Waals surface area contributed by atoms with Gasteiger partial charge in [0.05, 0.1) is 11.4 Å². The lowest BCUT2D eigenvalue weighted by Crippen LogP contribution is -2.20. The standard InChI is InChI=1S/C19H13ClF2N4O3/c20-10-1-3-13(21)16(7-10)26-19(28)25-15-4-2-11(8-14(15)22)29-12-5-6-24-17(9-12)18(23)27/h1-9H,(H2,23,27)(H2,25,26,28). The van der Waals surface area contributed by atoms with E-state index in [0.717, 1.165) is 12.1 Å². The van der Waals surface area contributed by atoms with Gasteiger partial charge in [-0.2, -0.15) is 0 Å². The third-order valence-corrected chi connectivity index (χ3v) is 3.82. The number of urea groups is 1. The normalized spacial score (nSPS) is 10.3. The summed E-state index contributed by atoms with van der Waals surface area (Å²) in [5.74, 6) is -1.89. The van der Waals surface area contributed by atoms with E-state index in [1.54, 1.807) is 0 Å². The van der Waals surface area contributed by atoms with Crippen LogP contribution in [0.3, 0.4) is 0 Å². The molecular formula is C19H13ClF2N4O3. The molecule has 0 radical (unpaired) electrons. The number of hydrogen-bond acceptors (Lipinski definition) is 4. The zero-order valence-corrected chi connectivity index (χ0v) is 15.3. The van der Waals surface area contributed by atoms with E-state index in [1.165, 1.54) is 42.6 Å². The van der Waals surface area contributed by atoms with Crippen LogP contribution >= 0.6 is 11.6 Å². The van der Waals surface area contributed by atoms with Crippen molar-refractivity contribution in [3.63, 3.8) is 0 Å². The molecule has 0 fully saturated rings. The molecule has 0 saturated heterocycles. The fourth-order valence-electron chi connectivity index (χ4n) is 2.28. The second-order valence-electron chi connectivity index (χ2n) is 5.69. The fourth-order valence-corrected chi connectivity index (χ4v) is 2.45. The van der Waals surface area contributed by atoms with E-state index in [2.05, 4.69) is 15.6 Å². The minimum atomic E-state index is -0.862. The SMILES string of the molecule is NC(=O)c1cc(Oc2ccc(NC(=O)Nc3cc(Cl)ccc3F)c(F)c2)ccn1. The molecule has 0 aliphatic heterocycles. The third-order valence-electron chi connectivity index (χ3n) is 3.58. The first kappa shape index (κ1) is 20.0. The third kappa shape index (κ3) is 5.17. The van der Waals surface area contributed by atoms with Crippen molar-refractivity contribution in [3.8, 4) is 11.5 Å². The Kier molecular flexibility index (Phi) is 5.89. The van der Waals surface area contributed by atoms with Gasteiger partial charge in [-0.25, -0.2) is 13.6 Å². The molecule has 0 aliphatic carbocycles. The number of nitrogens with two attached hydrogens (primary N) is 1. The largest absolute Gasteiger partial charge is 0.457 e. The van der Waals surface area contributed by atoms with Crippen LogP contribution in [0.4, 0.5) is 25.0 Å². The summed E-state index contributed by atoms with van der Waals surface area (Å²) in [6, 6.07) is 9.22. The van der Waals surface area contributed by atoms with Gasteiger partial charge in [0.2, 0.25) is 0 Å². The average molecular weight is 419 g/mol. The topological polar surface area (TPSA) is 106 Å². The number of nitrogens with one attached hydrogen (secondary N) is 2. The molecule has 7 nitrogen and oxygen atoms in total. The summed E-state index contributed by atoms with van der Waals surface area (Å²) in [6.45, 7) is 0. The van der Waals surface area contributed by atoms with Gasteiger partial charge < -0.3 is 21.1 Å². The van der Waals surface area contributed by atoms with Crippen molar-refractivity contribution in [1.29, 1.82) is 0 Å². The van der Waals surface area contributed by atoms with Crippen molar-refractivity contribution >= 4 is 34.9 Å². The second kappa shape index (κ2) is 8.53. The minimum absolute atomic E-state index is 0.00817. The zero-order chi connectivity index (χ0) is 21.0. The number of aromatic nitrogens is 1. The number of anilines is 2. The van der Waals surface area contributed by atoms with Gasteiger partial charge in [-0.1, -0.05) is 11.6 Å². The van der Waals surface area contributed by atoms with Gasteiger partial charge in [0.15, 0.2) is 0 Å². The van der Waals surface area contributed by atoms with E-state index in [-0.39, 0.29) is 33.6 Å². The van der Waals surface area contributed by atoms with E-state index in [9.17, 15) is 18.4 Å². The van der Waals surface area contributed by atoms with Crippen molar-refractivity contribution in [3.05, 3.63) is 77.1 Å². The fraction of sp³-hybridized carbons (Fsp3) is 0. The Morgan fingerprint density at radius 2 is 1.66 bits per heavy atom. The molecule has 0 saturated carbocycles. The molecule has 1 aromatic heterocycles. The van der Waals surface area contributed by atoms with Gasteiger partial charge in [0.25, 0.3) is 5.91 Å². The van der Waals surface area contributed by atoms with Gasteiger partial charge in [-0.15, -0.1) is 0 Å². The molecule has 0 spiro atoms. The highest BCUT2D eigenvalue weighted by Gasteiger charge is 2.12. The number of carbonyl (C=O) groups is 2. The summed E-state index contributed by atoms with van der Waals surface area (Å²) < 4.78 is 33.4. The molecule has 4 N–H and O–H groups in total. The van der Waals surface area contributed by atoms with Crippen molar-refractivity contribution in [2.75, 3.05) is 10.6 Å². The maximum atomic E-state index is 14.3. The maximum absolute atomic E-state index is 14.3. The molecule has 3 aromatic rings. The van der Waals surface area contributed by atoms with Crippen LogP contribution in [0.1, 0.15) is 10.5 Å². The first-order valence-electron chi connectivity index (χ1n) is 8.08. The molecule has 29 heavy (non-hydrogen) atoms. The number of pyridine rings is 1. The summed E-state index contributed by atoms with van der Waals surface area (Å²) in [6.07, 6.45) is 1.32. The highest BCUT2D eigenvalue weighted by molar-refractivity contribution is 6.30. The number of nitrogens with zero attached hydrogens (tertiary/aromatic N) is 1. The Labute approximate surface area is 168 Å². The summed E-state index contributed by atoms with van der Waals surface area (Å²) >= 11 is 5.75. The van der Waals surface area contributed by atoms with Crippen LogP contribution in [-0.4, -0.2) is 16.9 Å². The smallest absolute Gasteiger partial charge is 0.323 e. The van der Waals surface area contributed by atoms with Gasteiger partial charge in [-0.3, -0.25) is 9.78 Å². The molecule has 0 bridgehead atoms. The number of amides is 3. The number of primary amides is 1. The highest BCUT2D eigenvalue weighted by Crippen LogP contribution is 2.26. The van der Waals surface area contributed by atoms with E-state index >= 15 is 0 Å². The maximum Gasteiger partial charge on any atom is 0.323 e. The molecule has 3 amide bonds. The molecule has 2 aromatic carbocycles. The molecule has 1 heterocycles. The Bertz CT molecular complexity index is 1090. The number of benzene rings is 2. The van der Waals surface area contributed by atoms with E-state index in [0.29, 0.717) is 0 Å². The Balaban J connectivity index is 1.69. The van der Waals surface area contributed by atoms with Crippen molar-refractivity contribution in [1.82, 2.24) is 4.98 Å². The summed E-state index contributed by atoms with van der Waals surface area (Å²) in [5, 5.41) is 4.73.